The smallest absolute Gasteiger partial charge is 0.148 e. The molecule has 1 atom stereocenters. The average Bonchev–Trinajstić information content (AvgIpc) is 2.74. The fourth-order valence-electron chi connectivity index (χ4n) is 2.88. The van der Waals surface area contributed by atoms with Crippen molar-refractivity contribution in [1.82, 2.24) is 5.32 Å². The van der Waals surface area contributed by atoms with Crippen molar-refractivity contribution < 1.29 is 8.42 Å². The summed E-state index contributed by atoms with van der Waals surface area (Å²) >= 11 is 0. The fraction of sp³-hybridized carbons (Fsp3) is 0.600. The fourth-order valence-corrected chi connectivity index (χ4v) is 3.85. The van der Waals surface area contributed by atoms with E-state index >= 15 is 0 Å². The minimum Gasteiger partial charge on any atom is -0.313 e. The Morgan fingerprint density at radius 1 is 1.26 bits per heavy atom. The van der Waals surface area contributed by atoms with E-state index < -0.39 is 9.84 Å². The maximum atomic E-state index is 11.5. The predicted octanol–water partition coefficient (Wildman–Crippen LogP) is 1.74. The van der Waals surface area contributed by atoms with Gasteiger partial charge in [-0.1, -0.05) is 25.1 Å². The van der Waals surface area contributed by atoms with Crippen LogP contribution >= 0.6 is 0 Å². The molecule has 0 spiro atoms. The van der Waals surface area contributed by atoms with Crippen LogP contribution in [0.4, 0.5) is 0 Å². The number of aryl methyl sites for hydroxylation is 2. The van der Waals surface area contributed by atoms with Gasteiger partial charge in [-0.2, -0.15) is 0 Å². The van der Waals surface area contributed by atoms with Crippen LogP contribution in [0.1, 0.15) is 30.0 Å². The Kier molecular flexibility index (Phi) is 4.63. The van der Waals surface area contributed by atoms with Crippen molar-refractivity contribution in [3.63, 3.8) is 0 Å². The number of fused-ring (bicyclic) bond motifs is 1. The molecule has 0 heterocycles. The number of nitrogens with one attached hydrogen (secondary N) is 1. The summed E-state index contributed by atoms with van der Waals surface area (Å²) < 4.78 is 22.9. The number of sulfone groups is 1. The van der Waals surface area contributed by atoms with Gasteiger partial charge in [0.25, 0.3) is 0 Å². The van der Waals surface area contributed by atoms with E-state index in [4.69, 9.17) is 0 Å². The minimum absolute atomic E-state index is 0.0134. The third kappa shape index (κ3) is 4.32. The zero-order chi connectivity index (χ0) is 13.9. The van der Waals surface area contributed by atoms with Crippen LogP contribution in [0.3, 0.4) is 0 Å². The van der Waals surface area contributed by atoms with Gasteiger partial charge in [-0.25, -0.2) is 8.42 Å². The lowest BCUT2D eigenvalue weighted by molar-refractivity contribution is 0.545. The molecule has 1 aliphatic carbocycles. The number of hydrogen-bond acceptors (Lipinski definition) is 3. The Morgan fingerprint density at radius 3 is 2.68 bits per heavy atom. The molecular weight excluding hydrogens is 258 g/mol. The van der Waals surface area contributed by atoms with E-state index in [1.165, 1.54) is 42.2 Å². The number of hydrogen-bond donors (Lipinski definition) is 1. The number of likely N-dealkylation sites (N-methyl/N-ethyl adjacent to an activating group) is 1. The van der Waals surface area contributed by atoms with Crippen LogP contribution < -0.4 is 5.32 Å². The molecule has 0 fully saturated rings. The quantitative estimate of drug-likeness (QED) is 0.864. The van der Waals surface area contributed by atoms with Gasteiger partial charge < -0.3 is 5.32 Å². The molecule has 19 heavy (non-hydrogen) atoms. The van der Waals surface area contributed by atoms with Crippen molar-refractivity contribution in [2.45, 2.75) is 38.6 Å². The molecule has 1 unspecified atom stereocenters. The number of rotatable bonds is 6. The van der Waals surface area contributed by atoms with Crippen LogP contribution in [-0.2, 0) is 29.1 Å². The third-order valence-corrected chi connectivity index (χ3v) is 4.65. The van der Waals surface area contributed by atoms with E-state index in [1.54, 1.807) is 0 Å². The molecule has 3 nitrogen and oxygen atoms in total. The molecule has 0 aromatic heterocycles. The Morgan fingerprint density at radius 2 is 2.00 bits per heavy atom. The summed E-state index contributed by atoms with van der Waals surface area (Å²) in [6, 6.07) is 6.63. The highest BCUT2D eigenvalue weighted by Gasteiger charge is 2.16. The maximum Gasteiger partial charge on any atom is 0.148 e. The second-order valence-electron chi connectivity index (χ2n) is 5.51. The summed E-state index contributed by atoms with van der Waals surface area (Å²) in [4.78, 5) is 0. The lowest BCUT2D eigenvalue weighted by Crippen LogP contribution is -2.37. The van der Waals surface area contributed by atoms with E-state index in [9.17, 15) is 8.42 Å². The highest BCUT2D eigenvalue weighted by atomic mass is 32.2. The standard InChI is InChI=1S/C15H23NO2S/c1-3-16-15(11-19(2,17)18)10-12-7-8-13-5-4-6-14(13)9-12/h7-9,15-16H,3-6,10-11H2,1-2H3. The van der Waals surface area contributed by atoms with Crippen LogP contribution in [-0.4, -0.2) is 33.0 Å². The molecular formula is C15H23NO2S. The van der Waals surface area contributed by atoms with Gasteiger partial charge in [0.1, 0.15) is 9.84 Å². The molecule has 4 heteroatoms. The molecule has 1 aliphatic rings. The first-order valence-corrected chi connectivity index (χ1v) is 9.06. The van der Waals surface area contributed by atoms with E-state index in [1.807, 2.05) is 6.92 Å². The van der Waals surface area contributed by atoms with Crippen LogP contribution in [0.15, 0.2) is 18.2 Å². The molecule has 0 aliphatic heterocycles. The van der Waals surface area contributed by atoms with Gasteiger partial charge >= 0.3 is 0 Å². The van der Waals surface area contributed by atoms with Crippen LogP contribution in [0.25, 0.3) is 0 Å². The average molecular weight is 281 g/mol. The van der Waals surface area contributed by atoms with E-state index in [0.717, 1.165) is 13.0 Å². The van der Waals surface area contributed by atoms with E-state index in [2.05, 4.69) is 23.5 Å². The predicted molar refractivity (Wildman–Crippen MR) is 79.3 cm³/mol. The summed E-state index contributed by atoms with van der Waals surface area (Å²) in [7, 11) is -2.94. The van der Waals surface area contributed by atoms with E-state index in [0.29, 0.717) is 0 Å². The SMILES string of the molecule is CCNC(Cc1ccc2c(c1)CCC2)CS(C)(=O)=O. The lowest BCUT2D eigenvalue weighted by Gasteiger charge is -2.17. The van der Waals surface area contributed by atoms with Crippen molar-refractivity contribution in [2.75, 3.05) is 18.6 Å². The molecule has 0 amide bonds. The lowest BCUT2D eigenvalue weighted by atomic mass is 10.0. The first kappa shape index (κ1) is 14.5. The van der Waals surface area contributed by atoms with Crippen LogP contribution in [0.2, 0.25) is 0 Å². The second-order valence-corrected chi connectivity index (χ2v) is 7.69. The van der Waals surface area contributed by atoms with Crippen molar-refractivity contribution in [1.29, 1.82) is 0 Å². The van der Waals surface area contributed by atoms with Gasteiger partial charge in [0.2, 0.25) is 0 Å². The maximum absolute atomic E-state index is 11.5. The zero-order valence-electron chi connectivity index (χ0n) is 11.8. The summed E-state index contributed by atoms with van der Waals surface area (Å²) in [5.74, 6) is 0.206. The largest absolute Gasteiger partial charge is 0.313 e. The summed E-state index contributed by atoms with van der Waals surface area (Å²) in [5.41, 5.74) is 4.16. The van der Waals surface area contributed by atoms with Crippen molar-refractivity contribution >= 4 is 9.84 Å². The topological polar surface area (TPSA) is 46.2 Å². The van der Waals surface area contributed by atoms with Crippen molar-refractivity contribution in [2.24, 2.45) is 0 Å². The monoisotopic (exact) mass is 281 g/mol. The molecule has 1 aromatic rings. The third-order valence-electron chi connectivity index (χ3n) is 3.64. The molecule has 0 saturated heterocycles. The summed E-state index contributed by atoms with van der Waals surface area (Å²) in [5, 5.41) is 3.28. The summed E-state index contributed by atoms with van der Waals surface area (Å²) in [6.07, 6.45) is 5.70. The van der Waals surface area contributed by atoms with Crippen molar-refractivity contribution in [3.8, 4) is 0 Å². The molecule has 0 radical (unpaired) electrons. The first-order chi connectivity index (χ1) is 8.98. The van der Waals surface area contributed by atoms with Gasteiger partial charge in [-0.15, -0.1) is 0 Å². The molecule has 0 bridgehead atoms. The normalized spacial score (nSPS) is 16.3. The highest BCUT2D eigenvalue weighted by molar-refractivity contribution is 7.90. The van der Waals surface area contributed by atoms with E-state index in [-0.39, 0.29) is 11.8 Å². The Balaban J connectivity index is 2.08. The summed E-state index contributed by atoms with van der Waals surface area (Å²) in [6.45, 7) is 2.81. The van der Waals surface area contributed by atoms with Gasteiger partial charge in [-0.3, -0.25) is 0 Å². The van der Waals surface area contributed by atoms with Crippen molar-refractivity contribution in [3.05, 3.63) is 34.9 Å². The van der Waals surface area contributed by atoms with Gasteiger partial charge in [0.05, 0.1) is 5.75 Å². The molecule has 1 aromatic carbocycles. The molecule has 2 rings (SSSR count). The molecule has 1 N–H and O–H groups in total. The Bertz CT molecular complexity index is 537. The zero-order valence-corrected chi connectivity index (χ0v) is 12.6. The molecule has 106 valence electrons. The van der Waals surface area contributed by atoms with Gasteiger partial charge in [0, 0.05) is 12.3 Å². The van der Waals surface area contributed by atoms with Crippen LogP contribution in [0, 0.1) is 0 Å². The Labute approximate surface area is 116 Å². The number of benzene rings is 1. The highest BCUT2D eigenvalue weighted by Crippen LogP contribution is 2.23. The minimum atomic E-state index is -2.94. The molecule has 0 saturated carbocycles. The van der Waals surface area contributed by atoms with Gasteiger partial charge in [-0.05, 0) is 48.9 Å². The van der Waals surface area contributed by atoms with Gasteiger partial charge in [0.15, 0.2) is 0 Å². The van der Waals surface area contributed by atoms with Crippen LogP contribution in [0.5, 0.6) is 0 Å². The Hall–Kier alpha value is -0.870. The first-order valence-electron chi connectivity index (χ1n) is 6.99. The second kappa shape index (κ2) is 6.06.